The lowest BCUT2D eigenvalue weighted by atomic mass is 10.1. The van der Waals surface area contributed by atoms with E-state index in [2.05, 4.69) is 25.5 Å². The van der Waals surface area contributed by atoms with E-state index in [1.165, 1.54) is 30.5 Å². The Bertz CT molecular complexity index is 656. The Kier molecular flexibility index (Phi) is 3.86. The lowest BCUT2D eigenvalue weighted by molar-refractivity contribution is 0.625. The van der Waals surface area contributed by atoms with E-state index >= 15 is 0 Å². The van der Waals surface area contributed by atoms with Crippen LogP contribution in [0.4, 0.5) is 4.39 Å². The lowest BCUT2D eigenvalue weighted by Gasteiger charge is -2.10. The van der Waals surface area contributed by atoms with Gasteiger partial charge < -0.3 is 0 Å². The Hall–Kier alpha value is -1.47. The highest BCUT2D eigenvalue weighted by Gasteiger charge is 2.11. The number of pyridine rings is 1. The lowest BCUT2D eigenvalue weighted by Crippen LogP contribution is -2.04. The van der Waals surface area contributed by atoms with Crippen LogP contribution in [0, 0.1) is 10.7 Å². The molecule has 0 atom stereocenters. The third-order valence-electron chi connectivity index (χ3n) is 2.56. The van der Waals surface area contributed by atoms with Crippen molar-refractivity contribution in [2.24, 2.45) is 4.58 Å². The Labute approximate surface area is 118 Å². The molecule has 0 N–H and O–H groups in total. The van der Waals surface area contributed by atoms with Crippen LogP contribution in [0.1, 0.15) is 0 Å². The number of hydrogen-bond acceptors (Lipinski definition) is 3. The third-order valence-corrected chi connectivity index (χ3v) is 4.53. The molecule has 1 heterocycles. The van der Waals surface area contributed by atoms with E-state index in [-0.39, 0.29) is 0 Å². The minimum absolute atomic E-state index is 0.363. The molecule has 19 heavy (non-hydrogen) atoms. The van der Waals surface area contributed by atoms with Crippen LogP contribution in [0.3, 0.4) is 0 Å². The average molecular weight is 345 g/mol. The Morgan fingerprint density at radius 2 is 1.89 bits per heavy atom. The van der Waals surface area contributed by atoms with Crippen molar-refractivity contribution >= 4 is 26.0 Å². The minimum Gasteiger partial charge on any atom is -0.257 e. The van der Waals surface area contributed by atoms with Gasteiger partial charge in [0.25, 0.3) is 0 Å². The fourth-order valence-electron chi connectivity index (χ4n) is 1.57. The first kappa shape index (κ1) is 14.0. The van der Waals surface area contributed by atoms with E-state index in [1.807, 2.05) is 0 Å². The highest BCUT2D eigenvalue weighted by atomic mass is 79.9. The molecule has 2 rings (SSSR count). The van der Waals surface area contributed by atoms with E-state index in [0.717, 1.165) is 0 Å². The summed E-state index contributed by atoms with van der Waals surface area (Å²) in [6.45, 7) is 0. The van der Waals surface area contributed by atoms with Crippen LogP contribution in [-0.2, 0) is 10.1 Å². The molecule has 0 fully saturated rings. The highest BCUT2D eigenvalue weighted by molar-refractivity contribution is 9.10. The van der Waals surface area contributed by atoms with Crippen LogP contribution in [0.25, 0.3) is 11.3 Å². The van der Waals surface area contributed by atoms with Gasteiger partial charge in [-0.1, -0.05) is 12.1 Å². The molecule has 0 saturated carbocycles. The zero-order chi connectivity index (χ0) is 14.0. The molecule has 0 saturated heterocycles. The van der Waals surface area contributed by atoms with Crippen molar-refractivity contribution in [3.63, 3.8) is 0 Å². The van der Waals surface area contributed by atoms with E-state index in [0.29, 0.717) is 20.8 Å². The van der Waals surface area contributed by atoms with Crippen molar-refractivity contribution < 1.29 is 8.60 Å². The maximum absolute atomic E-state index is 13.3. The standard InChI is InChI=1S/C12H10BrFN2O2S/c1-19(18,16-17)10-4-2-8(3-5-10)11-6-9(14)7-12(13)15-11/h2-7,19H,1H3. The largest absolute Gasteiger partial charge is 0.257 e. The summed E-state index contributed by atoms with van der Waals surface area (Å²) >= 11 is 3.12. The van der Waals surface area contributed by atoms with E-state index < -0.39 is 15.9 Å². The first-order valence-corrected chi connectivity index (χ1v) is 8.19. The predicted octanol–water partition coefficient (Wildman–Crippen LogP) is 3.34. The summed E-state index contributed by atoms with van der Waals surface area (Å²) in [5.41, 5.74) is 1.11. The Morgan fingerprint density at radius 1 is 1.26 bits per heavy atom. The van der Waals surface area contributed by atoms with Crippen LogP contribution in [0.2, 0.25) is 0 Å². The Morgan fingerprint density at radius 3 is 2.42 bits per heavy atom. The monoisotopic (exact) mass is 344 g/mol. The summed E-state index contributed by atoms with van der Waals surface area (Å²) in [6.07, 6.45) is 1.30. The van der Waals surface area contributed by atoms with Crippen molar-refractivity contribution in [2.45, 2.75) is 4.90 Å². The maximum atomic E-state index is 13.3. The average Bonchev–Trinajstić information content (AvgIpc) is 2.38. The van der Waals surface area contributed by atoms with Crippen molar-refractivity contribution in [2.75, 3.05) is 6.26 Å². The van der Waals surface area contributed by atoms with Gasteiger partial charge in [-0.15, -0.1) is 4.91 Å². The van der Waals surface area contributed by atoms with Gasteiger partial charge in [-0.2, -0.15) is 0 Å². The molecule has 0 bridgehead atoms. The molecule has 0 aliphatic carbocycles. The molecule has 100 valence electrons. The van der Waals surface area contributed by atoms with Crippen LogP contribution in [0.15, 0.2) is 50.5 Å². The number of thiol groups is 1. The van der Waals surface area contributed by atoms with Crippen molar-refractivity contribution in [1.29, 1.82) is 0 Å². The fourth-order valence-corrected chi connectivity index (χ4v) is 2.78. The first-order chi connectivity index (χ1) is 8.92. The molecular formula is C12H10BrFN2O2S. The topological polar surface area (TPSA) is 59.4 Å². The highest BCUT2D eigenvalue weighted by Crippen LogP contribution is 2.24. The number of rotatable bonds is 3. The number of halogens is 2. The molecular weight excluding hydrogens is 335 g/mol. The quantitative estimate of drug-likeness (QED) is 0.527. The van der Waals surface area contributed by atoms with Crippen molar-refractivity contribution in [3.8, 4) is 11.3 Å². The molecule has 2 aromatic rings. The van der Waals surface area contributed by atoms with E-state index in [4.69, 9.17) is 0 Å². The number of aromatic nitrogens is 1. The predicted molar refractivity (Wildman–Crippen MR) is 76.9 cm³/mol. The number of nitrogens with zero attached hydrogens (tertiary/aromatic N) is 2. The van der Waals surface area contributed by atoms with Gasteiger partial charge in [0.15, 0.2) is 0 Å². The van der Waals surface area contributed by atoms with Gasteiger partial charge in [0.1, 0.15) is 10.4 Å². The third kappa shape index (κ3) is 3.10. The molecule has 0 radical (unpaired) electrons. The summed E-state index contributed by atoms with van der Waals surface area (Å²) in [6, 6.07) is 8.89. The normalized spacial score (nSPS) is 12.2. The van der Waals surface area contributed by atoms with Gasteiger partial charge in [-0.05, 0) is 28.1 Å². The summed E-state index contributed by atoms with van der Waals surface area (Å²) in [5.74, 6) is -0.406. The molecule has 0 aliphatic heterocycles. The summed E-state index contributed by atoms with van der Waals surface area (Å²) in [7, 11) is -3.19. The second kappa shape index (κ2) is 5.26. The van der Waals surface area contributed by atoms with Crippen LogP contribution in [0.5, 0.6) is 0 Å². The van der Waals surface area contributed by atoms with Crippen LogP contribution < -0.4 is 0 Å². The fraction of sp³-hybridized carbons (Fsp3) is 0.0833. The smallest absolute Gasteiger partial charge is 0.128 e. The molecule has 0 spiro atoms. The SMILES string of the molecule is C[SH](=O)(N=O)c1ccc(-c2cc(F)cc(Br)n2)cc1. The summed E-state index contributed by atoms with van der Waals surface area (Å²) in [5, 5.41) is 0. The first-order valence-electron chi connectivity index (χ1n) is 5.29. The summed E-state index contributed by atoms with van der Waals surface area (Å²) < 4.78 is 28.1. The van der Waals surface area contributed by atoms with Crippen molar-refractivity contribution in [1.82, 2.24) is 4.98 Å². The van der Waals surface area contributed by atoms with Crippen LogP contribution >= 0.6 is 15.9 Å². The molecule has 4 nitrogen and oxygen atoms in total. The minimum atomic E-state index is -3.19. The number of nitroso groups, excluding NO2 is 1. The molecule has 1 aromatic heterocycles. The number of hydrogen-bond donors (Lipinski definition) is 1. The molecule has 1 aromatic carbocycles. The maximum Gasteiger partial charge on any atom is 0.128 e. The van der Waals surface area contributed by atoms with Gasteiger partial charge in [-0.3, -0.25) is 4.21 Å². The Balaban J connectivity index is 2.43. The van der Waals surface area contributed by atoms with Gasteiger partial charge >= 0.3 is 0 Å². The van der Waals surface area contributed by atoms with Gasteiger partial charge in [0.05, 0.1) is 5.69 Å². The van der Waals surface area contributed by atoms with Gasteiger partial charge in [0, 0.05) is 43.5 Å². The second-order valence-corrected chi connectivity index (χ2v) is 7.25. The second-order valence-electron chi connectivity index (χ2n) is 4.00. The summed E-state index contributed by atoms with van der Waals surface area (Å²) in [4.78, 5) is 15.0. The van der Waals surface area contributed by atoms with Gasteiger partial charge in [0.2, 0.25) is 0 Å². The number of benzene rings is 1. The molecule has 7 heteroatoms. The van der Waals surface area contributed by atoms with E-state index in [1.54, 1.807) is 12.1 Å². The molecule has 0 aliphatic rings. The van der Waals surface area contributed by atoms with Crippen LogP contribution in [-0.4, -0.2) is 15.4 Å². The van der Waals surface area contributed by atoms with E-state index in [9.17, 15) is 13.5 Å². The van der Waals surface area contributed by atoms with Gasteiger partial charge in [-0.25, -0.2) is 9.37 Å². The molecule has 0 unspecified atom stereocenters. The zero-order valence-corrected chi connectivity index (χ0v) is 12.4. The van der Waals surface area contributed by atoms with Crippen molar-refractivity contribution in [3.05, 3.63) is 51.7 Å². The molecule has 0 amide bonds. The zero-order valence-electron chi connectivity index (χ0n) is 9.88.